The van der Waals surface area contributed by atoms with E-state index in [0.29, 0.717) is 12.6 Å². The van der Waals surface area contributed by atoms with Gasteiger partial charge in [0.05, 0.1) is 6.04 Å². The lowest BCUT2D eigenvalue weighted by molar-refractivity contribution is 0.253. The number of benzene rings is 1. The van der Waals surface area contributed by atoms with E-state index in [1.807, 2.05) is 18.3 Å². The molecule has 2 aromatic rings. The highest BCUT2D eigenvalue weighted by Crippen LogP contribution is 2.32. The molecule has 4 rings (SSSR count). The van der Waals surface area contributed by atoms with Gasteiger partial charge in [0, 0.05) is 24.0 Å². The second-order valence-electron chi connectivity index (χ2n) is 6.21. The van der Waals surface area contributed by atoms with E-state index in [-0.39, 0.29) is 0 Å². The van der Waals surface area contributed by atoms with Gasteiger partial charge < -0.3 is 9.72 Å². The largest absolute Gasteiger partial charge is 0.489 e. The maximum atomic E-state index is 5.87. The van der Waals surface area contributed by atoms with Crippen LogP contribution in [0.25, 0.3) is 6.08 Å². The molecule has 1 atom stereocenters. The molecule has 1 N–H and O–H groups in total. The number of fused-ring (bicyclic) bond motifs is 1. The summed E-state index contributed by atoms with van der Waals surface area (Å²) in [6.45, 7) is 4.84. The third-order valence-electron chi connectivity index (χ3n) is 4.50. The fourth-order valence-electron chi connectivity index (χ4n) is 3.44. The van der Waals surface area contributed by atoms with Crippen LogP contribution in [0, 0.1) is 6.92 Å². The second-order valence-corrected chi connectivity index (χ2v) is 6.21. The second kappa shape index (κ2) is 5.61. The smallest absolute Gasteiger partial charge is 0.127 e. The number of aromatic amines is 1. The van der Waals surface area contributed by atoms with Crippen molar-refractivity contribution in [3.8, 4) is 5.75 Å². The molecule has 0 aliphatic carbocycles. The molecule has 22 heavy (non-hydrogen) atoms. The van der Waals surface area contributed by atoms with Gasteiger partial charge in [0.2, 0.25) is 0 Å². The lowest BCUT2D eigenvalue weighted by Crippen LogP contribution is -2.28. The first-order valence-electron chi connectivity index (χ1n) is 7.96. The summed E-state index contributed by atoms with van der Waals surface area (Å²) in [4.78, 5) is 10.4. The van der Waals surface area contributed by atoms with E-state index in [1.165, 1.54) is 24.0 Å². The molecule has 2 aliphatic rings. The van der Waals surface area contributed by atoms with E-state index >= 15 is 0 Å². The Morgan fingerprint density at radius 2 is 2.27 bits per heavy atom. The molecule has 1 aromatic heterocycles. The number of nitrogens with zero attached hydrogens (tertiary/aromatic N) is 2. The number of aryl methyl sites for hydroxylation is 1. The van der Waals surface area contributed by atoms with Crippen molar-refractivity contribution in [2.45, 2.75) is 25.8 Å². The highest BCUT2D eigenvalue weighted by atomic mass is 16.5. The summed E-state index contributed by atoms with van der Waals surface area (Å²) in [5, 5.41) is 0. The van der Waals surface area contributed by atoms with E-state index in [4.69, 9.17) is 4.74 Å². The van der Waals surface area contributed by atoms with Gasteiger partial charge in [0.15, 0.2) is 0 Å². The molecular formula is C18H21N3O. The monoisotopic (exact) mass is 295 g/mol. The van der Waals surface area contributed by atoms with E-state index < -0.39 is 0 Å². The number of H-pyrrole nitrogens is 1. The van der Waals surface area contributed by atoms with Crippen LogP contribution in [-0.4, -0.2) is 34.6 Å². The highest BCUT2D eigenvalue weighted by molar-refractivity contribution is 5.62. The van der Waals surface area contributed by atoms with Crippen molar-refractivity contribution in [3.63, 3.8) is 0 Å². The van der Waals surface area contributed by atoms with Crippen molar-refractivity contribution in [2.24, 2.45) is 0 Å². The minimum Gasteiger partial charge on any atom is -0.489 e. The molecule has 4 heteroatoms. The maximum Gasteiger partial charge on any atom is 0.127 e. The predicted molar refractivity (Wildman–Crippen MR) is 86.8 cm³/mol. The lowest BCUT2D eigenvalue weighted by Gasteiger charge is -2.26. The van der Waals surface area contributed by atoms with Crippen LogP contribution >= 0.6 is 0 Å². The number of nitrogens with one attached hydrogen (secondary N) is 1. The molecule has 1 aromatic carbocycles. The molecule has 2 aliphatic heterocycles. The average molecular weight is 295 g/mol. The standard InChI is InChI=1S/C18H21N3O/c1-13-10-19-18(20-13)16-6-4-8-21(16)11-14-9-15-5-2-3-7-17(15)22-12-14/h2-3,5,7,9-10,16H,4,6,8,11-12H2,1H3,(H,19,20)/t16-/m1/s1. The minimum absolute atomic E-state index is 0.409. The Labute approximate surface area is 130 Å². The van der Waals surface area contributed by atoms with Crippen molar-refractivity contribution >= 4 is 6.08 Å². The average Bonchev–Trinajstić information content (AvgIpc) is 3.16. The van der Waals surface area contributed by atoms with Gasteiger partial charge in [-0.15, -0.1) is 0 Å². The number of para-hydroxylation sites is 1. The summed E-state index contributed by atoms with van der Waals surface area (Å²) >= 11 is 0. The fraction of sp³-hybridized carbons (Fsp3) is 0.389. The number of hydrogen-bond donors (Lipinski definition) is 1. The number of rotatable bonds is 3. The van der Waals surface area contributed by atoms with Gasteiger partial charge in [-0.1, -0.05) is 18.2 Å². The van der Waals surface area contributed by atoms with Crippen LogP contribution in [0.5, 0.6) is 5.75 Å². The Bertz CT molecular complexity index is 704. The van der Waals surface area contributed by atoms with Gasteiger partial charge in [-0.05, 0) is 44.0 Å². The van der Waals surface area contributed by atoms with Gasteiger partial charge >= 0.3 is 0 Å². The Hall–Kier alpha value is -2.07. The van der Waals surface area contributed by atoms with Crippen LogP contribution in [0.3, 0.4) is 0 Å². The highest BCUT2D eigenvalue weighted by Gasteiger charge is 2.29. The van der Waals surface area contributed by atoms with E-state index in [9.17, 15) is 0 Å². The third kappa shape index (κ3) is 2.55. The molecule has 0 unspecified atom stereocenters. The van der Waals surface area contributed by atoms with Crippen LogP contribution in [0.4, 0.5) is 0 Å². The van der Waals surface area contributed by atoms with Gasteiger partial charge in [-0.2, -0.15) is 0 Å². The molecule has 0 saturated carbocycles. The first-order valence-corrected chi connectivity index (χ1v) is 7.96. The fourth-order valence-corrected chi connectivity index (χ4v) is 3.44. The molecule has 0 spiro atoms. The molecular weight excluding hydrogens is 274 g/mol. The van der Waals surface area contributed by atoms with E-state index in [2.05, 4.69) is 40.0 Å². The quantitative estimate of drug-likeness (QED) is 0.944. The van der Waals surface area contributed by atoms with E-state index in [1.54, 1.807) is 0 Å². The molecule has 3 heterocycles. The zero-order chi connectivity index (χ0) is 14.9. The first kappa shape index (κ1) is 13.6. The maximum absolute atomic E-state index is 5.87. The normalized spacial score (nSPS) is 21.3. The van der Waals surface area contributed by atoms with Crippen molar-refractivity contribution in [3.05, 3.63) is 53.1 Å². The number of likely N-dealkylation sites (tertiary alicyclic amines) is 1. The molecule has 0 radical (unpaired) electrons. The lowest BCUT2D eigenvalue weighted by atomic mass is 10.1. The van der Waals surface area contributed by atoms with Crippen LogP contribution in [0.15, 0.2) is 36.0 Å². The minimum atomic E-state index is 0.409. The Morgan fingerprint density at radius 3 is 3.14 bits per heavy atom. The molecule has 0 bridgehead atoms. The molecule has 0 amide bonds. The zero-order valence-corrected chi connectivity index (χ0v) is 12.9. The van der Waals surface area contributed by atoms with Gasteiger partial charge in [0.1, 0.15) is 18.2 Å². The van der Waals surface area contributed by atoms with Gasteiger partial charge in [-0.3, -0.25) is 4.90 Å². The Morgan fingerprint density at radius 1 is 1.36 bits per heavy atom. The van der Waals surface area contributed by atoms with Gasteiger partial charge in [0.25, 0.3) is 0 Å². The van der Waals surface area contributed by atoms with Gasteiger partial charge in [-0.25, -0.2) is 4.98 Å². The van der Waals surface area contributed by atoms with Crippen molar-refractivity contribution in [2.75, 3.05) is 19.7 Å². The molecule has 1 saturated heterocycles. The molecule has 1 fully saturated rings. The van der Waals surface area contributed by atoms with Crippen LogP contribution in [-0.2, 0) is 0 Å². The summed E-state index contributed by atoms with van der Waals surface area (Å²) < 4.78 is 5.87. The molecule has 4 nitrogen and oxygen atoms in total. The van der Waals surface area contributed by atoms with Crippen molar-refractivity contribution in [1.82, 2.24) is 14.9 Å². The SMILES string of the molecule is Cc1cnc([C@H]2CCCN2CC2=Cc3ccccc3OC2)[nH]1. The van der Waals surface area contributed by atoms with Crippen molar-refractivity contribution < 1.29 is 4.74 Å². The number of ether oxygens (including phenoxy) is 1. The number of hydrogen-bond acceptors (Lipinski definition) is 3. The first-order chi connectivity index (χ1) is 10.8. The summed E-state index contributed by atoms with van der Waals surface area (Å²) in [5.41, 5.74) is 3.67. The zero-order valence-electron chi connectivity index (χ0n) is 12.9. The van der Waals surface area contributed by atoms with Crippen LogP contribution in [0.2, 0.25) is 0 Å². The van der Waals surface area contributed by atoms with Crippen molar-refractivity contribution in [1.29, 1.82) is 0 Å². The Balaban J connectivity index is 1.52. The number of imidazole rings is 1. The predicted octanol–water partition coefficient (Wildman–Crippen LogP) is 3.33. The molecule has 114 valence electrons. The summed E-state index contributed by atoms with van der Waals surface area (Å²) in [6.07, 6.45) is 6.61. The van der Waals surface area contributed by atoms with Crippen LogP contribution < -0.4 is 4.74 Å². The van der Waals surface area contributed by atoms with E-state index in [0.717, 1.165) is 30.4 Å². The number of aromatic nitrogens is 2. The summed E-state index contributed by atoms with van der Waals surface area (Å²) in [7, 11) is 0. The topological polar surface area (TPSA) is 41.2 Å². The summed E-state index contributed by atoms with van der Waals surface area (Å²) in [6, 6.07) is 8.64. The summed E-state index contributed by atoms with van der Waals surface area (Å²) in [5.74, 6) is 2.10. The van der Waals surface area contributed by atoms with Crippen LogP contribution in [0.1, 0.15) is 36.0 Å². The third-order valence-corrected chi connectivity index (χ3v) is 4.50. The Kier molecular flexibility index (Phi) is 3.47.